The zero-order chi connectivity index (χ0) is 14.7. The molecule has 19 heavy (non-hydrogen) atoms. The summed E-state index contributed by atoms with van der Waals surface area (Å²) in [5, 5.41) is 0.253. The second-order valence-electron chi connectivity index (χ2n) is 7.34. The number of likely N-dealkylation sites (N-methyl/N-ethyl adjacent to an activating group) is 1. The Kier molecular flexibility index (Phi) is 6.01. The van der Waals surface area contributed by atoms with Gasteiger partial charge in [-0.25, -0.2) is 0 Å². The van der Waals surface area contributed by atoms with Crippen LogP contribution in [0.15, 0.2) is 0 Å². The molecule has 0 aromatic heterocycles. The van der Waals surface area contributed by atoms with Crippen LogP contribution in [0.2, 0.25) is 18.1 Å². The number of rotatable bonds is 5. The second kappa shape index (κ2) is 6.67. The maximum Gasteiger partial charge on any atom is 0.192 e. The van der Waals surface area contributed by atoms with Gasteiger partial charge in [-0.1, -0.05) is 20.8 Å². The Balaban J connectivity index is 2.50. The lowest BCUT2D eigenvalue weighted by Crippen LogP contribution is -2.52. The number of hydrogen-bond acceptors (Lipinski definition) is 4. The van der Waals surface area contributed by atoms with Gasteiger partial charge in [-0.2, -0.15) is 0 Å². The molecule has 0 bridgehead atoms. The maximum absolute atomic E-state index is 6.44. The predicted octanol–water partition coefficient (Wildman–Crippen LogP) is 1.58. The molecule has 1 aliphatic rings. The highest BCUT2D eigenvalue weighted by Gasteiger charge is 2.39. The molecule has 0 amide bonds. The topological polar surface area (TPSA) is 41.7 Å². The van der Waals surface area contributed by atoms with Crippen LogP contribution in [0.3, 0.4) is 0 Å². The van der Waals surface area contributed by atoms with Crippen LogP contribution in [0, 0.1) is 0 Å². The van der Waals surface area contributed by atoms with E-state index in [4.69, 9.17) is 10.2 Å². The van der Waals surface area contributed by atoms with Gasteiger partial charge in [0.2, 0.25) is 0 Å². The van der Waals surface area contributed by atoms with Crippen molar-refractivity contribution in [2.24, 2.45) is 5.73 Å². The normalized spacial score (nSPS) is 21.6. The van der Waals surface area contributed by atoms with Gasteiger partial charge >= 0.3 is 0 Å². The molecule has 0 saturated carbocycles. The average Bonchev–Trinajstić information content (AvgIpc) is 2.29. The maximum atomic E-state index is 6.44. The first-order valence-corrected chi connectivity index (χ1v) is 10.4. The van der Waals surface area contributed by atoms with Crippen molar-refractivity contribution in [3.05, 3.63) is 0 Å². The fourth-order valence-corrected chi connectivity index (χ4v) is 3.43. The molecule has 1 fully saturated rings. The Labute approximate surface area is 120 Å². The van der Waals surface area contributed by atoms with Gasteiger partial charge in [0.25, 0.3) is 0 Å². The quantitative estimate of drug-likeness (QED) is 0.780. The molecule has 1 atom stereocenters. The third-order valence-corrected chi connectivity index (χ3v) is 9.12. The number of nitrogens with zero attached hydrogens (tertiary/aromatic N) is 2. The monoisotopic (exact) mass is 287 g/mol. The van der Waals surface area contributed by atoms with E-state index in [9.17, 15) is 0 Å². The molecule has 0 spiro atoms. The van der Waals surface area contributed by atoms with Crippen LogP contribution in [-0.4, -0.2) is 70.5 Å². The summed E-state index contributed by atoms with van der Waals surface area (Å²) in [6.07, 6.45) is 0.185. The van der Waals surface area contributed by atoms with Crippen LogP contribution in [-0.2, 0) is 4.43 Å². The molecule has 4 nitrogen and oxygen atoms in total. The third kappa shape index (κ3) is 5.15. The van der Waals surface area contributed by atoms with Gasteiger partial charge in [0.05, 0.1) is 6.10 Å². The first kappa shape index (κ1) is 17.1. The summed E-state index contributed by atoms with van der Waals surface area (Å²) < 4.78 is 6.44. The summed E-state index contributed by atoms with van der Waals surface area (Å²) in [7, 11) is 0.480. The van der Waals surface area contributed by atoms with E-state index in [1.807, 2.05) is 0 Å². The van der Waals surface area contributed by atoms with E-state index in [-0.39, 0.29) is 11.1 Å². The highest BCUT2D eigenvalue weighted by molar-refractivity contribution is 6.74. The summed E-state index contributed by atoms with van der Waals surface area (Å²) in [5.74, 6) is 0. The van der Waals surface area contributed by atoms with Crippen molar-refractivity contribution in [2.45, 2.75) is 45.0 Å². The van der Waals surface area contributed by atoms with Gasteiger partial charge in [0.15, 0.2) is 8.32 Å². The number of hydrogen-bond donors (Lipinski definition) is 1. The fraction of sp³-hybridized carbons (Fsp3) is 1.00. The molecule has 0 aromatic carbocycles. The van der Waals surface area contributed by atoms with E-state index in [0.717, 1.165) is 32.7 Å². The lowest BCUT2D eigenvalue weighted by molar-refractivity contribution is 0.0897. The van der Waals surface area contributed by atoms with Gasteiger partial charge in [0, 0.05) is 39.3 Å². The van der Waals surface area contributed by atoms with E-state index < -0.39 is 8.32 Å². The molecular weight excluding hydrogens is 254 g/mol. The van der Waals surface area contributed by atoms with Crippen LogP contribution >= 0.6 is 0 Å². The minimum atomic E-state index is -1.70. The highest BCUT2D eigenvalue weighted by Crippen LogP contribution is 2.37. The summed E-state index contributed by atoms with van der Waals surface area (Å²) >= 11 is 0. The Bertz CT molecular complexity index is 270. The second-order valence-corrected chi connectivity index (χ2v) is 12.1. The molecule has 1 aliphatic heterocycles. The van der Waals surface area contributed by atoms with E-state index in [2.05, 4.69) is 50.7 Å². The summed E-state index contributed by atoms with van der Waals surface area (Å²) in [5.41, 5.74) is 5.93. The molecule has 2 N–H and O–H groups in total. The smallest absolute Gasteiger partial charge is 0.192 e. The van der Waals surface area contributed by atoms with Crippen molar-refractivity contribution in [2.75, 3.05) is 46.3 Å². The lowest BCUT2D eigenvalue weighted by atomic mass is 10.2. The van der Waals surface area contributed by atoms with Crippen molar-refractivity contribution in [3.8, 4) is 0 Å². The molecular formula is C14H33N3OSi. The Morgan fingerprint density at radius 1 is 1.16 bits per heavy atom. The molecule has 1 unspecified atom stereocenters. The minimum Gasteiger partial charge on any atom is -0.411 e. The minimum absolute atomic E-state index is 0.185. The van der Waals surface area contributed by atoms with Gasteiger partial charge in [-0.3, -0.25) is 4.90 Å². The highest BCUT2D eigenvalue weighted by atomic mass is 28.4. The molecule has 0 aliphatic carbocycles. The van der Waals surface area contributed by atoms with Crippen LogP contribution in [0.5, 0.6) is 0 Å². The molecule has 1 rings (SSSR count). The Morgan fingerprint density at radius 3 is 2.11 bits per heavy atom. The number of piperazine rings is 1. The van der Waals surface area contributed by atoms with Crippen molar-refractivity contribution >= 4 is 8.32 Å². The van der Waals surface area contributed by atoms with Crippen molar-refractivity contribution in [1.82, 2.24) is 9.80 Å². The Hall–Kier alpha value is 0.0569. The first-order chi connectivity index (χ1) is 8.65. The van der Waals surface area contributed by atoms with Crippen LogP contribution in [0.25, 0.3) is 0 Å². The fourth-order valence-electron chi connectivity index (χ4n) is 2.07. The van der Waals surface area contributed by atoms with E-state index in [0.29, 0.717) is 6.54 Å². The Morgan fingerprint density at radius 2 is 1.68 bits per heavy atom. The van der Waals surface area contributed by atoms with Crippen LogP contribution in [0.1, 0.15) is 20.8 Å². The van der Waals surface area contributed by atoms with Crippen molar-refractivity contribution in [1.29, 1.82) is 0 Å². The molecule has 114 valence electrons. The largest absolute Gasteiger partial charge is 0.411 e. The molecule has 1 saturated heterocycles. The standard InChI is InChI=1S/C14H33N3OSi/c1-14(2,3)19(5,6)18-13(11-15)12-17-9-7-16(4)8-10-17/h13H,7-12,15H2,1-6H3. The van der Waals surface area contributed by atoms with Gasteiger partial charge in [0.1, 0.15) is 0 Å². The third-order valence-electron chi connectivity index (χ3n) is 4.59. The van der Waals surface area contributed by atoms with E-state index in [1.54, 1.807) is 0 Å². The first-order valence-electron chi connectivity index (χ1n) is 7.44. The molecule has 1 heterocycles. The van der Waals surface area contributed by atoms with Crippen LogP contribution in [0.4, 0.5) is 0 Å². The van der Waals surface area contributed by atoms with E-state index >= 15 is 0 Å². The molecule has 5 heteroatoms. The lowest BCUT2D eigenvalue weighted by Gasteiger charge is -2.41. The average molecular weight is 288 g/mol. The van der Waals surface area contributed by atoms with Gasteiger partial charge < -0.3 is 15.1 Å². The zero-order valence-corrected chi connectivity index (χ0v) is 14.7. The van der Waals surface area contributed by atoms with Crippen LogP contribution < -0.4 is 5.73 Å². The van der Waals surface area contributed by atoms with Gasteiger partial charge in [-0.15, -0.1) is 0 Å². The van der Waals surface area contributed by atoms with Crippen molar-refractivity contribution < 1.29 is 4.43 Å². The zero-order valence-electron chi connectivity index (χ0n) is 13.7. The van der Waals surface area contributed by atoms with E-state index in [1.165, 1.54) is 0 Å². The molecule has 0 aromatic rings. The van der Waals surface area contributed by atoms with Gasteiger partial charge in [-0.05, 0) is 25.2 Å². The molecule has 0 radical (unpaired) electrons. The predicted molar refractivity (Wildman–Crippen MR) is 85.1 cm³/mol. The SMILES string of the molecule is CN1CCN(CC(CN)O[Si](C)(C)C(C)(C)C)CC1. The number of nitrogens with two attached hydrogens (primary N) is 1. The summed E-state index contributed by atoms with van der Waals surface area (Å²) in [6, 6.07) is 0. The summed E-state index contributed by atoms with van der Waals surface area (Å²) in [6.45, 7) is 17.6. The summed E-state index contributed by atoms with van der Waals surface area (Å²) in [4.78, 5) is 4.87. The van der Waals surface area contributed by atoms with Crippen molar-refractivity contribution in [3.63, 3.8) is 0 Å².